The van der Waals surface area contributed by atoms with E-state index in [9.17, 15) is 9.90 Å². The summed E-state index contributed by atoms with van der Waals surface area (Å²) < 4.78 is 1.97. The first kappa shape index (κ1) is 13.4. The Hall–Kier alpha value is -2.62. The Morgan fingerprint density at radius 3 is 2.57 bits per heavy atom. The van der Waals surface area contributed by atoms with Gasteiger partial charge in [0.1, 0.15) is 0 Å². The summed E-state index contributed by atoms with van der Waals surface area (Å²) in [7, 11) is 0. The van der Waals surface area contributed by atoms with Crippen molar-refractivity contribution in [1.82, 2.24) is 9.55 Å². The van der Waals surface area contributed by atoms with E-state index in [1.807, 2.05) is 59.2 Å². The average Bonchev–Trinajstić information content (AvgIpc) is 2.91. The summed E-state index contributed by atoms with van der Waals surface area (Å²) in [5.74, 6) is -0.797. The minimum absolute atomic E-state index is 0.0786. The number of carbonyl (C=O) groups is 1. The first-order valence-corrected chi connectivity index (χ1v) is 6.91. The van der Waals surface area contributed by atoms with E-state index < -0.39 is 5.97 Å². The van der Waals surface area contributed by atoms with Crippen LogP contribution in [0.3, 0.4) is 0 Å². The third-order valence-corrected chi connectivity index (χ3v) is 3.60. The molecule has 0 aliphatic rings. The molecule has 0 bridgehead atoms. The van der Waals surface area contributed by atoms with Gasteiger partial charge in [-0.1, -0.05) is 42.5 Å². The van der Waals surface area contributed by atoms with Gasteiger partial charge in [-0.25, -0.2) is 4.98 Å². The molecule has 0 saturated carbocycles. The lowest BCUT2D eigenvalue weighted by Gasteiger charge is -2.18. The minimum Gasteiger partial charge on any atom is -0.481 e. The summed E-state index contributed by atoms with van der Waals surface area (Å²) in [6.07, 6.45) is 2.49. The van der Waals surface area contributed by atoms with Gasteiger partial charge in [0, 0.05) is 6.04 Å². The van der Waals surface area contributed by atoms with Gasteiger partial charge >= 0.3 is 5.97 Å². The number of rotatable bonds is 5. The number of imidazole rings is 1. The predicted molar refractivity (Wildman–Crippen MR) is 81.2 cm³/mol. The second-order valence-electron chi connectivity index (χ2n) is 5.08. The van der Waals surface area contributed by atoms with Crippen LogP contribution in [0, 0.1) is 0 Å². The highest BCUT2D eigenvalue weighted by atomic mass is 16.4. The van der Waals surface area contributed by atoms with Crippen LogP contribution >= 0.6 is 0 Å². The van der Waals surface area contributed by atoms with Crippen LogP contribution in [0.1, 0.15) is 18.0 Å². The quantitative estimate of drug-likeness (QED) is 0.780. The van der Waals surface area contributed by atoms with Gasteiger partial charge in [-0.15, -0.1) is 0 Å². The lowest BCUT2D eigenvalue weighted by atomic mass is 10.0. The predicted octanol–water partition coefficient (Wildman–Crippen LogP) is 3.29. The Bertz CT molecular complexity index is 750. The van der Waals surface area contributed by atoms with Crippen molar-refractivity contribution in [1.29, 1.82) is 0 Å². The fraction of sp³-hybridized carbons (Fsp3) is 0.176. The molecule has 1 heterocycles. The highest BCUT2D eigenvalue weighted by Gasteiger charge is 2.18. The molecule has 0 radical (unpaired) electrons. The summed E-state index contributed by atoms with van der Waals surface area (Å²) in [5.41, 5.74) is 2.99. The van der Waals surface area contributed by atoms with Gasteiger partial charge in [-0.2, -0.15) is 0 Å². The number of hydrogen-bond donors (Lipinski definition) is 1. The van der Waals surface area contributed by atoms with Crippen LogP contribution in [-0.2, 0) is 11.2 Å². The van der Waals surface area contributed by atoms with Gasteiger partial charge in [0.05, 0.1) is 23.8 Å². The summed E-state index contributed by atoms with van der Waals surface area (Å²) in [6, 6.07) is 17.6. The smallest absolute Gasteiger partial charge is 0.305 e. The molecular weight excluding hydrogens is 264 g/mol. The third kappa shape index (κ3) is 2.94. The molecule has 0 unspecified atom stereocenters. The molecular formula is C17H16N2O2. The second kappa shape index (κ2) is 5.79. The number of benzene rings is 2. The SMILES string of the molecule is O=C(O)C[C@@H](Cc1ccccc1)n1cnc2ccccc21. The number of para-hydroxylation sites is 2. The van der Waals surface area contributed by atoms with Crippen molar-refractivity contribution >= 4 is 17.0 Å². The largest absolute Gasteiger partial charge is 0.481 e. The average molecular weight is 280 g/mol. The Labute approximate surface area is 122 Å². The Kier molecular flexibility index (Phi) is 3.69. The highest BCUT2D eigenvalue weighted by Crippen LogP contribution is 2.23. The number of carboxylic acids is 1. The number of hydrogen-bond acceptors (Lipinski definition) is 2. The molecule has 1 N–H and O–H groups in total. The van der Waals surface area contributed by atoms with Crippen molar-refractivity contribution in [2.45, 2.75) is 18.9 Å². The first-order valence-electron chi connectivity index (χ1n) is 6.91. The topological polar surface area (TPSA) is 55.1 Å². The summed E-state index contributed by atoms with van der Waals surface area (Å²) in [5, 5.41) is 9.20. The van der Waals surface area contributed by atoms with Crippen LogP contribution in [0.25, 0.3) is 11.0 Å². The zero-order chi connectivity index (χ0) is 14.7. The maximum absolute atomic E-state index is 11.2. The highest BCUT2D eigenvalue weighted by molar-refractivity contribution is 5.75. The normalized spacial score (nSPS) is 12.4. The van der Waals surface area contributed by atoms with Crippen molar-refractivity contribution < 1.29 is 9.90 Å². The van der Waals surface area contributed by atoms with Gasteiger partial charge < -0.3 is 9.67 Å². The minimum atomic E-state index is -0.797. The van der Waals surface area contributed by atoms with Gasteiger partial charge in [-0.05, 0) is 24.1 Å². The number of nitrogens with zero attached hydrogens (tertiary/aromatic N) is 2. The molecule has 0 saturated heterocycles. The molecule has 0 aliphatic carbocycles. The molecule has 3 aromatic rings. The van der Waals surface area contributed by atoms with Gasteiger partial charge in [0.2, 0.25) is 0 Å². The van der Waals surface area contributed by atoms with Crippen molar-refractivity contribution in [3.63, 3.8) is 0 Å². The third-order valence-electron chi connectivity index (χ3n) is 3.60. The molecule has 0 spiro atoms. The maximum atomic E-state index is 11.2. The zero-order valence-corrected chi connectivity index (χ0v) is 11.5. The molecule has 4 nitrogen and oxygen atoms in total. The standard InChI is InChI=1S/C17H16N2O2/c20-17(21)11-14(10-13-6-2-1-3-7-13)19-12-18-15-8-4-5-9-16(15)19/h1-9,12,14H,10-11H2,(H,20,21)/t14-/m1/s1. The molecule has 0 aliphatic heterocycles. The van der Waals surface area contributed by atoms with Crippen LogP contribution in [-0.4, -0.2) is 20.6 Å². The van der Waals surface area contributed by atoms with Crippen LogP contribution in [0.4, 0.5) is 0 Å². The molecule has 0 amide bonds. The van der Waals surface area contributed by atoms with Gasteiger partial charge in [0.15, 0.2) is 0 Å². The lowest BCUT2D eigenvalue weighted by molar-refractivity contribution is -0.137. The molecule has 2 aromatic carbocycles. The van der Waals surface area contributed by atoms with Crippen molar-refractivity contribution in [2.75, 3.05) is 0 Å². The molecule has 4 heteroatoms. The molecule has 106 valence electrons. The molecule has 21 heavy (non-hydrogen) atoms. The van der Waals surface area contributed by atoms with E-state index in [4.69, 9.17) is 0 Å². The Morgan fingerprint density at radius 2 is 1.81 bits per heavy atom. The zero-order valence-electron chi connectivity index (χ0n) is 11.5. The summed E-state index contributed by atoms with van der Waals surface area (Å²) in [4.78, 5) is 15.6. The first-order chi connectivity index (χ1) is 10.2. The van der Waals surface area contributed by atoms with Crippen molar-refractivity contribution in [2.24, 2.45) is 0 Å². The van der Waals surface area contributed by atoms with Crippen molar-refractivity contribution in [3.05, 3.63) is 66.5 Å². The van der Waals surface area contributed by atoms with Gasteiger partial charge in [-0.3, -0.25) is 4.79 Å². The fourth-order valence-electron chi connectivity index (χ4n) is 2.63. The lowest BCUT2D eigenvalue weighted by Crippen LogP contribution is -2.15. The Balaban J connectivity index is 1.97. The summed E-state index contributed by atoms with van der Waals surface area (Å²) >= 11 is 0. The van der Waals surface area contributed by atoms with E-state index in [-0.39, 0.29) is 12.5 Å². The number of carboxylic acid groups (broad SMARTS) is 1. The number of aliphatic carboxylic acids is 1. The molecule has 1 aromatic heterocycles. The van der Waals surface area contributed by atoms with Crippen molar-refractivity contribution in [3.8, 4) is 0 Å². The maximum Gasteiger partial charge on any atom is 0.305 e. The molecule has 0 fully saturated rings. The number of aromatic nitrogens is 2. The second-order valence-corrected chi connectivity index (χ2v) is 5.08. The van der Waals surface area contributed by atoms with E-state index in [0.717, 1.165) is 16.6 Å². The molecule has 3 rings (SSSR count). The van der Waals surface area contributed by atoms with Crippen LogP contribution in [0.15, 0.2) is 60.9 Å². The molecule has 1 atom stereocenters. The summed E-state index contributed by atoms with van der Waals surface area (Å²) in [6.45, 7) is 0. The fourth-order valence-corrected chi connectivity index (χ4v) is 2.63. The van der Waals surface area contributed by atoms with E-state index in [2.05, 4.69) is 4.98 Å². The Morgan fingerprint density at radius 1 is 1.10 bits per heavy atom. The van der Waals surface area contributed by atoms with Gasteiger partial charge in [0.25, 0.3) is 0 Å². The monoisotopic (exact) mass is 280 g/mol. The van der Waals surface area contributed by atoms with Crippen LogP contribution in [0.5, 0.6) is 0 Å². The van der Waals surface area contributed by atoms with E-state index in [0.29, 0.717) is 6.42 Å². The van der Waals surface area contributed by atoms with E-state index in [1.165, 1.54) is 0 Å². The van der Waals surface area contributed by atoms with E-state index in [1.54, 1.807) is 6.33 Å². The van der Waals surface area contributed by atoms with Crippen LogP contribution < -0.4 is 0 Å². The van der Waals surface area contributed by atoms with Crippen LogP contribution in [0.2, 0.25) is 0 Å². The van der Waals surface area contributed by atoms with E-state index >= 15 is 0 Å². The number of fused-ring (bicyclic) bond motifs is 1.